The summed E-state index contributed by atoms with van der Waals surface area (Å²) in [4.78, 5) is 0. The van der Waals surface area contributed by atoms with Crippen LogP contribution in [0.5, 0.6) is 0 Å². The van der Waals surface area contributed by atoms with Gasteiger partial charge in [0.05, 0.1) is 6.26 Å². The van der Waals surface area contributed by atoms with Gasteiger partial charge in [0.2, 0.25) is 0 Å². The fraction of sp³-hybridized carbons (Fsp3) is 0.429. The van der Waals surface area contributed by atoms with E-state index in [2.05, 4.69) is 4.42 Å². The summed E-state index contributed by atoms with van der Waals surface area (Å²) in [6, 6.07) is 1.22. The SMILES string of the molecule is Cl.N[C@@H](c1ccco1)C(F)(F)CO. The van der Waals surface area contributed by atoms with E-state index in [1.807, 2.05) is 0 Å². The van der Waals surface area contributed by atoms with Gasteiger partial charge in [-0.15, -0.1) is 12.4 Å². The van der Waals surface area contributed by atoms with Gasteiger partial charge in [0.15, 0.2) is 0 Å². The lowest BCUT2D eigenvalue weighted by atomic mass is 10.1. The molecule has 0 amide bonds. The molecule has 6 heteroatoms. The van der Waals surface area contributed by atoms with Crippen LogP contribution in [0.3, 0.4) is 0 Å². The Morgan fingerprint density at radius 1 is 1.62 bits per heavy atom. The average molecular weight is 214 g/mol. The maximum Gasteiger partial charge on any atom is 0.292 e. The maximum atomic E-state index is 12.7. The molecule has 0 saturated heterocycles. The van der Waals surface area contributed by atoms with Gasteiger partial charge < -0.3 is 15.3 Å². The molecule has 0 aliphatic rings. The number of hydrogen-bond acceptors (Lipinski definition) is 3. The fourth-order valence-electron chi connectivity index (χ4n) is 0.775. The summed E-state index contributed by atoms with van der Waals surface area (Å²) in [7, 11) is 0. The molecule has 0 bridgehead atoms. The highest BCUT2D eigenvalue weighted by atomic mass is 35.5. The molecule has 1 aromatic heterocycles. The molecule has 1 aromatic rings. The minimum Gasteiger partial charge on any atom is -0.467 e. The lowest BCUT2D eigenvalue weighted by Gasteiger charge is -2.18. The average Bonchev–Trinajstić information content (AvgIpc) is 2.55. The van der Waals surface area contributed by atoms with E-state index >= 15 is 0 Å². The van der Waals surface area contributed by atoms with Crippen molar-refractivity contribution in [3.8, 4) is 0 Å². The molecule has 0 fully saturated rings. The Bertz CT molecular complexity index is 241. The lowest BCUT2D eigenvalue weighted by Crippen LogP contribution is -2.35. The van der Waals surface area contributed by atoms with Gasteiger partial charge in [0.25, 0.3) is 5.92 Å². The Hall–Kier alpha value is -0.650. The van der Waals surface area contributed by atoms with Crippen LogP contribution in [0.2, 0.25) is 0 Å². The van der Waals surface area contributed by atoms with E-state index in [0.717, 1.165) is 0 Å². The zero-order valence-corrected chi connectivity index (χ0v) is 7.43. The van der Waals surface area contributed by atoms with Crippen molar-refractivity contribution in [2.45, 2.75) is 12.0 Å². The minimum atomic E-state index is -3.34. The second-order valence-corrected chi connectivity index (χ2v) is 2.41. The van der Waals surface area contributed by atoms with Crippen molar-refractivity contribution in [3.63, 3.8) is 0 Å². The van der Waals surface area contributed by atoms with Crippen molar-refractivity contribution in [3.05, 3.63) is 24.2 Å². The normalized spacial score (nSPS) is 13.5. The molecule has 0 aromatic carbocycles. The zero-order chi connectivity index (χ0) is 9.19. The van der Waals surface area contributed by atoms with Crippen molar-refractivity contribution >= 4 is 12.4 Å². The second-order valence-electron chi connectivity index (χ2n) is 2.41. The molecule has 1 heterocycles. The highest BCUT2D eigenvalue weighted by Crippen LogP contribution is 2.28. The number of aliphatic hydroxyl groups is 1. The summed E-state index contributed by atoms with van der Waals surface area (Å²) in [5.41, 5.74) is 5.12. The zero-order valence-electron chi connectivity index (χ0n) is 6.61. The third-order valence-electron chi connectivity index (χ3n) is 1.52. The van der Waals surface area contributed by atoms with Crippen LogP contribution in [0.25, 0.3) is 0 Å². The van der Waals surface area contributed by atoms with Crippen LogP contribution < -0.4 is 5.73 Å². The number of rotatable bonds is 3. The van der Waals surface area contributed by atoms with E-state index in [0.29, 0.717) is 0 Å². The largest absolute Gasteiger partial charge is 0.467 e. The highest BCUT2D eigenvalue weighted by Gasteiger charge is 2.38. The fourth-order valence-corrected chi connectivity index (χ4v) is 0.775. The Morgan fingerprint density at radius 3 is 2.62 bits per heavy atom. The molecule has 3 nitrogen and oxygen atoms in total. The summed E-state index contributed by atoms with van der Waals surface area (Å²) in [6.07, 6.45) is 1.25. The van der Waals surface area contributed by atoms with E-state index in [9.17, 15) is 8.78 Å². The number of alkyl halides is 2. The molecule has 1 rings (SSSR count). The van der Waals surface area contributed by atoms with Gasteiger partial charge in [-0.2, -0.15) is 0 Å². The van der Waals surface area contributed by atoms with Gasteiger partial charge in [-0.25, -0.2) is 8.78 Å². The van der Waals surface area contributed by atoms with Crippen LogP contribution in [0.15, 0.2) is 22.8 Å². The number of hydrogen-bond donors (Lipinski definition) is 2. The van der Waals surface area contributed by atoms with Crippen LogP contribution in [-0.2, 0) is 0 Å². The molecule has 76 valence electrons. The topological polar surface area (TPSA) is 59.4 Å². The monoisotopic (exact) mass is 213 g/mol. The summed E-state index contributed by atoms with van der Waals surface area (Å²) in [6.45, 7) is -1.28. The molecule has 0 unspecified atom stereocenters. The van der Waals surface area contributed by atoms with E-state index in [-0.39, 0.29) is 18.2 Å². The lowest BCUT2D eigenvalue weighted by molar-refractivity contribution is -0.0754. The standard InChI is InChI=1S/C7H9F2NO2.ClH/c8-7(9,4-11)6(10)5-2-1-3-12-5;/h1-3,6,11H,4,10H2;1H/t6-;/m0./s1. The van der Waals surface area contributed by atoms with Crippen molar-refractivity contribution in [2.24, 2.45) is 5.73 Å². The van der Waals surface area contributed by atoms with Crippen LogP contribution in [0.1, 0.15) is 11.8 Å². The molecule has 1 atom stereocenters. The van der Waals surface area contributed by atoms with Crippen LogP contribution in [0, 0.1) is 0 Å². The second kappa shape index (κ2) is 4.55. The maximum absolute atomic E-state index is 12.7. The first-order valence-corrected chi connectivity index (χ1v) is 3.35. The Balaban J connectivity index is 0.00000144. The molecule has 0 aliphatic carbocycles. The molecule has 0 saturated carbocycles. The van der Waals surface area contributed by atoms with Crippen LogP contribution in [0.4, 0.5) is 8.78 Å². The van der Waals surface area contributed by atoms with Crippen molar-refractivity contribution in [1.82, 2.24) is 0 Å². The Kier molecular flexibility index (Phi) is 4.32. The number of nitrogens with two attached hydrogens (primary N) is 1. The van der Waals surface area contributed by atoms with Gasteiger partial charge >= 0.3 is 0 Å². The minimum absolute atomic E-state index is 0. The third-order valence-corrected chi connectivity index (χ3v) is 1.52. The van der Waals surface area contributed by atoms with Crippen LogP contribution in [-0.4, -0.2) is 17.6 Å². The van der Waals surface area contributed by atoms with Crippen molar-refractivity contribution in [1.29, 1.82) is 0 Å². The molecule has 0 aliphatic heterocycles. The predicted molar refractivity (Wildman–Crippen MR) is 44.9 cm³/mol. The first kappa shape index (κ1) is 12.3. The van der Waals surface area contributed by atoms with E-state index < -0.39 is 18.6 Å². The van der Waals surface area contributed by atoms with Crippen molar-refractivity contribution < 1.29 is 18.3 Å². The molecule has 0 spiro atoms. The summed E-state index contributed by atoms with van der Waals surface area (Å²) >= 11 is 0. The molecule has 3 N–H and O–H groups in total. The third kappa shape index (κ3) is 2.65. The summed E-state index contributed by atoms with van der Waals surface area (Å²) in [5.74, 6) is -3.37. The van der Waals surface area contributed by atoms with Gasteiger partial charge in [0.1, 0.15) is 18.4 Å². The smallest absolute Gasteiger partial charge is 0.292 e. The van der Waals surface area contributed by atoms with E-state index in [4.69, 9.17) is 10.8 Å². The van der Waals surface area contributed by atoms with Crippen LogP contribution >= 0.6 is 12.4 Å². The van der Waals surface area contributed by atoms with Gasteiger partial charge in [0, 0.05) is 0 Å². The predicted octanol–water partition coefficient (Wildman–Crippen LogP) is 1.33. The van der Waals surface area contributed by atoms with Gasteiger partial charge in [-0.1, -0.05) is 0 Å². The molecular formula is C7H10ClF2NO2. The molecular weight excluding hydrogens is 204 g/mol. The Labute approximate surface area is 79.9 Å². The highest BCUT2D eigenvalue weighted by molar-refractivity contribution is 5.85. The quantitative estimate of drug-likeness (QED) is 0.797. The van der Waals surface area contributed by atoms with E-state index in [1.54, 1.807) is 0 Å². The van der Waals surface area contributed by atoms with E-state index in [1.165, 1.54) is 18.4 Å². The number of aliphatic hydroxyl groups excluding tert-OH is 1. The summed E-state index contributed by atoms with van der Waals surface area (Å²) < 4.78 is 30.0. The first-order valence-electron chi connectivity index (χ1n) is 3.35. The van der Waals surface area contributed by atoms with Gasteiger partial charge in [-0.05, 0) is 12.1 Å². The van der Waals surface area contributed by atoms with Crippen molar-refractivity contribution in [2.75, 3.05) is 6.61 Å². The first-order chi connectivity index (χ1) is 5.58. The Morgan fingerprint density at radius 2 is 2.23 bits per heavy atom. The number of halogens is 3. The van der Waals surface area contributed by atoms with Gasteiger partial charge in [-0.3, -0.25) is 0 Å². The molecule has 0 radical (unpaired) electrons. The summed E-state index contributed by atoms with van der Waals surface area (Å²) in [5, 5.41) is 8.29. The molecule has 13 heavy (non-hydrogen) atoms. The number of furan rings is 1.